The van der Waals surface area contributed by atoms with Gasteiger partial charge in [0.05, 0.1) is 11.3 Å². The molecule has 0 aliphatic heterocycles. The number of aryl methyl sites for hydroxylation is 1. The van der Waals surface area contributed by atoms with Crippen molar-refractivity contribution in [3.63, 3.8) is 0 Å². The lowest BCUT2D eigenvalue weighted by Crippen LogP contribution is -2.14. The van der Waals surface area contributed by atoms with Crippen molar-refractivity contribution in [3.8, 4) is 22.6 Å². The molecule has 1 saturated carbocycles. The number of rotatable bonds is 7. The van der Waals surface area contributed by atoms with Crippen LogP contribution in [-0.2, 0) is 4.79 Å². The van der Waals surface area contributed by atoms with Gasteiger partial charge in [-0.3, -0.25) is 14.7 Å². The van der Waals surface area contributed by atoms with Crippen molar-refractivity contribution < 1.29 is 13.7 Å². The van der Waals surface area contributed by atoms with E-state index in [9.17, 15) is 9.18 Å². The molecule has 0 saturated heterocycles. The molecule has 32 heavy (non-hydrogen) atoms. The topological polar surface area (TPSA) is 85.8 Å². The van der Waals surface area contributed by atoms with E-state index >= 15 is 0 Å². The Labute approximate surface area is 188 Å². The number of hydrogen-bond acceptors (Lipinski definition) is 6. The van der Waals surface area contributed by atoms with Gasteiger partial charge in [0.1, 0.15) is 11.5 Å². The molecule has 0 bridgehead atoms. The minimum atomic E-state index is -0.342. The van der Waals surface area contributed by atoms with Crippen LogP contribution < -0.4 is 5.32 Å². The zero-order valence-electron chi connectivity index (χ0n) is 17.3. The molecule has 2 aromatic heterocycles. The third kappa shape index (κ3) is 4.29. The van der Waals surface area contributed by atoms with Crippen LogP contribution in [0.5, 0.6) is 0 Å². The van der Waals surface area contributed by atoms with E-state index in [0.717, 1.165) is 24.0 Å². The number of nitrogens with one attached hydrogen (secondary N) is 1. The number of anilines is 1. The van der Waals surface area contributed by atoms with Gasteiger partial charge in [0, 0.05) is 17.7 Å². The molecule has 0 radical (unpaired) electrons. The van der Waals surface area contributed by atoms with Gasteiger partial charge < -0.3 is 4.52 Å². The van der Waals surface area contributed by atoms with Gasteiger partial charge in [-0.15, -0.1) is 10.2 Å². The van der Waals surface area contributed by atoms with Gasteiger partial charge in [-0.05, 0) is 31.9 Å². The Bertz CT molecular complexity index is 1260. The Balaban J connectivity index is 1.26. The summed E-state index contributed by atoms with van der Waals surface area (Å²) in [4.78, 5) is 12.5. The number of aromatic nitrogens is 4. The summed E-state index contributed by atoms with van der Waals surface area (Å²) in [7, 11) is 0. The average molecular weight is 450 g/mol. The van der Waals surface area contributed by atoms with Gasteiger partial charge in [-0.2, -0.15) is 0 Å². The van der Waals surface area contributed by atoms with Crippen molar-refractivity contribution in [1.82, 2.24) is 19.9 Å². The van der Waals surface area contributed by atoms with E-state index in [2.05, 4.69) is 20.7 Å². The number of thioether (sulfide) groups is 1. The number of halogens is 1. The zero-order valence-corrected chi connectivity index (χ0v) is 18.1. The Kier molecular flexibility index (Phi) is 5.48. The number of benzene rings is 2. The quantitative estimate of drug-likeness (QED) is 0.395. The second-order valence-corrected chi connectivity index (χ2v) is 8.61. The first-order valence-electron chi connectivity index (χ1n) is 10.2. The van der Waals surface area contributed by atoms with Crippen LogP contribution in [-0.4, -0.2) is 31.6 Å². The molecule has 2 aromatic carbocycles. The van der Waals surface area contributed by atoms with E-state index in [1.807, 2.05) is 35.8 Å². The van der Waals surface area contributed by atoms with Crippen molar-refractivity contribution >= 4 is 23.6 Å². The fraction of sp³-hybridized carbons (Fsp3) is 0.217. The summed E-state index contributed by atoms with van der Waals surface area (Å²) in [6, 6.07) is 16.3. The molecule has 7 nitrogen and oxygen atoms in total. The fourth-order valence-corrected chi connectivity index (χ4v) is 4.17. The van der Waals surface area contributed by atoms with E-state index in [0.29, 0.717) is 22.2 Å². The number of carbonyl (C=O) groups excluding carboxylic acids is 1. The molecule has 9 heteroatoms. The second-order valence-electron chi connectivity index (χ2n) is 7.67. The van der Waals surface area contributed by atoms with Crippen molar-refractivity contribution in [2.45, 2.75) is 31.0 Å². The van der Waals surface area contributed by atoms with Gasteiger partial charge in [0.2, 0.25) is 11.8 Å². The molecule has 4 aromatic rings. The lowest BCUT2D eigenvalue weighted by molar-refractivity contribution is -0.113. The van der Waals surface area contributed by atoms with Crippen molar-refractivity contribution in [2.75, 3.05) is 11.1 Å². The minimum absolute atomic E-state index is 0.114. The van der Waals surface area contributed by atoms with Gasteiger partial charge in [0.25, 0.3) is 0 Å². The summed E-state index contributed by atoms with van der Waals surface area (Å²) >= 11 is 1.26. The van der Waals surface area contributed by atoms with Crippen molar-refractivity contribution in [1.29, 1.82) is 0 Å². The van der Waals surface area contributed by atoms with Gasteiger partial charge in [-0.1, -0.05) is 58.9 Å². The predicted octanol–water partition coefficient (Wildman–Crippen LogP) is 5.11. The van der Waals surface area contributed by atoms with Crippen LogP contribution in [0.15, 0.2) is 64.3 Å². The first kappa shape index (κ1) is 20.4. The second kappa shape index (κ2) is 8.58. The van der Waals surface area contributed by atoms with Gasteiger partial charge in [-0.25, -0.2) is 4.39 Å². The third-order valence-corrected chi connectivity index (χ3v) is 6.09. The Hall–Kier alpha value is -3.46. The molecule has 1 fully saturated rings. The molecule has 2 heterocycles. The SMILES string of the molecule is Cc1ccc(-c2cc(NC(=O)CSc3nnc(-c4ccccc4F)n3C3CC3)on2)cc1. The summed E-state index contributed by atoms with van der Waals surface area (Å²) in [5.41, 5.74) is 3.12. The fourth-order valence-electron chi connectivity index (χ4n) is 3.36. The highest BCUT2D eigenvalue weighted by Gasteiger charge is 2.31. The monoisotopic (exact) mass is 449 g/mol. The van der Waals surface area contributed by atoms with E-state index in [1.54, 1.807) is 24.3 Å². The molecular formula is C23H20FN5O2S. The number of carbonyl (C=O) groups is 1. The van der Waals surface area contributed by atoms with Crippen LogP contribution in [0.1, 0.15) is 24.4 Å². The molecule has 162 valence electrons. The Morgan fingerprint density at radius 3 is 2.72 bits per heavy atom. The maximum atomic E-state index is 14.3. The predicted molar refractivity (Wildman–Crippen MR) is 120 cm³/mol. The lowest BCUT2D eigenvalue weighted by atomic mass is 10.1. The van der Waals surface area contributed by atoms with Crippen LogP contribution in [0.2, 0.25) is 0 Å². The number of nitrogens with zero attached hydrogens (tertiary/aromatic N) is 4. The lowest BCUT2D eigenvalue weighted by Gasteiger charge is -2.09. The molecule has 1 aliphatic rings. The first-order valence-corrected chi connectivity index (χ1v) is 11.2. The number of hydrogen-bond donors (Lipinski definition) is 1. The van der Waals surface area contributed by atoms with Gasteiger partial charge in [0.15, 0.2) is 11.0 Å². The molecule has 1 amide bonds. The standard InChI is InChI=1S/C23H20FN5O2S/c1-14-6-8-15(9-7-14)19-12-21(31-28-19)25-20(30)13-32-23-27-26-22(29(23)16-10-11-16)17-4-2-3-5-18(17)24/h2-9,12,16H,10-11,13H2,1H3,(H,25,30). The van der Waals surface area contributed by atoms with E-state index in [1.165, 1.54) is 17.8 Å². The maximum absolute atomic E-state index is 14.3. The highest BCUT2D eigenvalue weighted by Crippen LogP contribution is 2.41. The molecule has 1 N–H and O–H groups in total. The zero-order chi connectivity index (χ0) is 22.1. The highest BCUT2D eigenvalue weighted by atomic mass is 32.2. The normalized spacial score (nSPS) is 13.3. The maximum Gasteiger partial charge on any atom is 0.237 e. The summed E-state index contributed by atoms with van der Waals surface area (Å²) < 4.78 is 21.5. The smallest absolute Gasteiger partial charge is 0.237 e. The van der Waals surface area contributed by atoms with E-state index in [-0.39, 0.29) is 29.4 Å². The summed E-state index contributed by atoms with van der Waals surface area (Å²) in [5, 5.41) is 15.8. The van der Waals surface area contributed by atoms with Crippen LogP contribution in [0.25, 0.3) is 22.6 Å². The summed E-state index contributed by atoms with van der Waals surface area (Å²) in [6.07, 6.45) is 1.97. The van der Waals surface area contributed by atoms with Gasteiger partial charge >= 0.3 is 0 Å². The highest BCUT2D eigenvalue weighted by molar-refractivity contribution is 7.99. The Morgan fingerprint density at radius 2 is 1.97 bits per heavy atom. The van der Waals surface area contributed by atoms with E-state index in [4.69, 9.17) is 4.52 Å². The summed E-state index contributed by atoms with van der Waals surface area (Å²) in [5.74, 6) is 0.293. The minimum Gasteiger partial charge on any atom is -0.338 e. The third-order valence-electron chi connectivity index (χ3n) is 5.14. The largest absolute Gasteiger partial charge is 0.338 e. The van der Waals surface area contributed by atoms with Crippen molar-refractivity contribution in [2.24, 2.45) is 0 Å². The van der Waals surface area contributed by atoms with Crippen LogP contribution in [0.4, 0.5) is 10.3 Å². The summed E-state index contributed by atoms with van der Waals surface area (Å²) in [6.45, 7) is 2.01. The number of amides is 1. The van der Waals surface area contributed by atoms with Crippen molar-refractivity contribution in [3.05, 3.63) is 66.0 Å². The molecule has 0 unspecified atom stereocenters. The molecule has 0 atom stereocenters. The molecule has 0 spiro atoms. The first-order chi connectivity index (χ1) is 15.6. The van der Waals surface area contributed by atoms with E-state index < -0.39 is 0 Å². The molecule has 5 rings (SSSR count). The van der Waals surface area contributed by atoms with Crippen LogP contribution in [0.3, 0.4) is 0 Å². The Morgan fingerprint density at radius 1 is 1.19 bits per heavy atom. The molecular weight excluding hydrogens is 429 g/mol. The van der Waals surface area contributed by atoms with Crippen LogP contribution in [0, 0.1) is 12.7 Å². The van der Waals surface area contributed by atoms with Crippen LogP contribution >= 0.6 is 11.8 Å². The average Bonchev–Trinajstić information content (AvgIpc) is 3.37. The molecule has 1 aliphatic carbocycles.